The molecule has 2 aliphatic heterocycles. The van der Waals surface area contributed by atoms with Gasteiger partial charge in [-0.3, -0.25) is 4.79 Å². The highest BCUT2D eigenvalue weighted by molar-refractivity contribution is 5.88. The van der Waals surface area contributed by atoms with Crippen molar-refractivity contribution in [2.45, 2.75) is 75.3 Å². The number of fused-ring (bicyclic) bond motifs is 1. The Morgan fingerprint density at radius 3 is 1.78 bits per heavy atom. The largest absolute Gasteiger partial charge is 0.508 e. The molecule has 8 N–H and O–H groups in total. The summed E-state index contributed by atoms with van der Waals surface area (Å²) in [5, 5.41) is 81.2. The van der Waals surface area contributed by atoms with Crippen LogP contribution < -0.4 is 14.9 Å². The van der Waals surface area contributed by atoms with Crippen molar-refractivity contribution in [1.29, 1.82) is 0 Å². The van der Waals surface area contributed by atoms with Crippen molar-refractivity contribution in [1.82, 2.24) is 0 Å². The van der Waals surface area contributed by atoms with E-state index in [0.29, 0.717) is 0 Å². The molecule has 0 spiro atoms. The summed E-state index contributed by atoms with van der Waals surface area (Å²) in [6, 6.07) is 7.60. The van der Waals surface area contributed by atoms with E-state index in [0.717, 1.165) is 12.1 Å². The standard InChI is InChI=1S/C27H30O14/c1-9-17(30)20(33)22(35)26(37-9)40-15-8-13(29)7-14-16(15)19(32)25(24(39-14)11-3-5-12(28)6-4-11)41-27-23(36)21(34)18(31)10(2)38-27/h3-10,17-18,20-23,26-31,33-36H,1-2H3. The fourth-order valence-corrected chi connectivity index (χ4v) is 4.72. The first-order valence-corrected chi connectivity index (χ1v) is 12.7. The molecule has 14 heteroatoms. The number of ether oxygens (including phenoxy) is 4. The third kappa shape index (κ3) is 5.31. The Morgan fingerprint density at radius 2 is 1.22 bits per heavy atom. The van der Waals surface area contributed by atoms with Gasteiger partial charge in [0.2, 0.25) is 23.8 Å². The van der Waals surface area contributed by atoms with Crippen LogP contribution in [0.3, 0.4) is 0 Å². The lowest BCUT2D eigenvalue weighted by atomic mass is 10.00. The molecule has 2 aliphatic rings. The third-order valence-corrected chi connectivity index (χ3v) is 7.13. The lowest BCUT2D eigenvalue weighted by Crippen LogP contribution is -2.58. The van der Waals surface area contributed by atoms with E-state index in [-0.39, 0.29) is 33.8 Å². The molecule has 10 atom stereocenters. The molecule has 10 unspecified atom stereocenters. The van der Waals surface area contributed by atoms with Gasteiger partial charge in [-0.15, -0.1) is 0 Å². The molecular weight excluding hydrogens is 548 g/mol. The SMILES string of the molecule is CC1OC(Oc2c(-c3ccc(O)cc3)oc3cc(O)cc(OC4OC(C)C(O)C(O)C4O)c3c2=O)C(O)C(O)C1O. The quantitative estimate of drug-likeness (QED) is 0.187. The zero-order chi connectivity index (χ0) is 29.7. The maximum absolute atomic E-state index is 14.0. The predicted molar refractivity (Wildman–Crippen MR) is 137 cm³/mol. The summed E-state index contributed by atoms with van der Waals surface area (Å²) in [6.45, 7) is 2.86. The van der Waals surface area contributed by atoms with E-state index in [9.17, 15) is 45.6 Å². The summed E-state index contributed by atoms with van der Waals surface area (Å²) >= 11 is 0. The van der Waals surface area contributed by atoms with E-state index in [2.05, 4.69) is 0 Å². The van der Waals surface area contributed by atoms with Crippen LogP contribution >= 0.6 is 0 Å². The minimum Gasteiger partial charge on any atom is -0.508 e. The second-order valence-electron chi connectivity index (χ2n) is 10.1. The molecule has 0 amide bonds. The van der Waals surface area contributed by atoms with Gasteiger partial charge in [0, 0.05) is 17.7 Å². The Morgan fingerprint density at radius 1 is 0.683 bits per heavy atom. The minimum atomic E-state index is -1.78. The summed E-state index contributed by atoms with van der Waals surface area (Å²) < 4.78 is 28.4. The molecule has 1 aromatic heterocycles. The molecule has 2 aromatic carbocycles. The second-order valence-corrected chi connectivity index (χ2v) is 10.1. The Hall–Kier alpha value is -3.47. The van der Waals surface area contributed by atoms with Crippen LogP contribution in [0.15, 0.2) is 45.6 Å². The Labute approximate surface area is 231 Å². The molecule has 2 saturated heterocycles. The van der Waals surface area contributed by atoms with Crippen LogP contribution in [-0.4, -0.2) is 102 Å². The van der Waals surface area contributed by atoms with Crippen molar-refractivity contribution in [2.75, 3.05) is 0 Å². The van der Waals surface area contributed by atoms with Crippen molar-refractivity contribution in [3.8, 4) is 34.3 Å². The van der Waals surface area contributed by atoms with Crippen LogP contribution in [-0.2, 0) is 9.47 Å². The number of benzene rings is 2. The lowest BCUT2D eigenvalue weighted by molar-refractivity contribution is -0.268. The number of aliphatic hydroxyl groups is 6. The average Bonchev–Trinajstić information content (AvgIpc) is 2.93. The van der Waals surface area contributed by atoms with Crippen LogP contribution in [0.2, 0.25) is 0 Å². The van der Waals surface area contributed by atoms with Crippen LogP contribution in [0.4, 0.5) is 0 Å². The minimum absolute atomic E-state index is 0.0859. The van der Waals surface area contributed by atoms with Gasteiger partial charge in [0.1, 0.15) is 64.8 Å². The molecular formula is C27H30O14. The first-order valence-electron chi connectivity index (χ1n) is 12.7. The van der Waals surface area contributed by atoms with Crippen LogP contribution in [0.25, 0.3) is 22.3 Å². The molecule has 0 aliphatic carbocycles. The second kappa shape index (κ2) is 11.1. The van der Waals surface area contributed by atoms with Gasteiger partial charge >= 0.3 is 0 Å². The monoisotopic (exact) mass is 578 g/mol. The van der Waals surface area contributed by atoms with E-state index >= 15 is 0 Å². The highest BCUT2D eigenvalue weighted by atomic mass is 16.7. The number of aliphatic hydroxyl groups excluding tert-OH is 6. The Kier molecular flexibility index (Phi) is 7.84. The molecule has 41 heavy (non-hydrogen) atoms. The van der Waals surface area contributed by atoms with E-state index in [4.69, 9.17) is 23.4 Å². The molecule has 3 aromatic rings. The van der Waals surface area contributed by atoms with Gasteiger partial charge in [0.05, 0.1) is 12.2 Å². The normalized spacial score (nSPS) is 34.0. The third-order valence-electron chi connectivity index (χ3n) is 7.13. The summed E-state index contributed by atoms with van der Waals surface area (Å²) in [6.07, 6.45) is -14.8. The number of aromatic hydroxyl groups is 2. The zero-order valence-corrected chi connectivity index (χ0v) is 21.8. The Balaban J connectivity index is 1.65. The molecule has 14 nitrogen and oxygen atoms in total. The molecule has 0 saturated carbocycles. The van der Waals surface area contributed by atoms with Gasteiger partial charge in [-0.05, 0) is 38.1 Å². The average molecular weight is 579 g/mol. The lowest BCUT2D eigenvalue weighted by Gasteiger charge is -2.39. The summed E-state index contributed by atoms with van der Waals surface area (Å²) in [5.74, 6) is -1.56. The summed E-state index contributed by atoms with van der Waals surface area (Å²) in [4.78, 5) is 14.0. The van der Waals surface area contributed by atoms with Gasteiger partial charge < -0.3 is 64.2 Å². The molecule has 2 fully saturated rings. The number of rotatable bonds is 5. The molecule has 0 radical (unpaired) electrons. The van der Waals surface area contributed by atoms with Crippen LogP contribution in [0, 0.1) is 0 Å². The number of phenolic OH excluding ortho intramolecular Hbond substituents is 2. The highest BCUT2D eigenvalue weighted by Crippen LogP contribution is 2.39. The smallest absolute Gasteiger partial charge is 0.239 e. The number of hydrogen-bond acceptors (Lipinski definition) is 14. The van der Waals surface area contributed by atoms with Gasteiger partial charge in [-0.25, -0.2) is 0 Å². The molecule has 5 rings (SSSR count). The first-order chi connectivity index (χ1) is 19.4. The fraction of sp³-hybridized carbons (Fsp3) is 0.444. The van der Waals surface area contributed by atoms with Crippen molar-refractivity contribution < 1.29 is 64.2 Å². The maximum Gasteiger partial charge on any atom is 0.239 e. The van der Waals surface area contributed by atoms with Gasteiger partial charge in [-0.2, -0.15) is 0 Å². The molecule has 222 valence electrons. The van der Waals surface area contributed by atoms with Crippen molar-refractivity contribution in [3.63, 3.8) is 0 Å². The topological polar surface area (TPSA) is 229 Å². The van der Waals surface area contributed by atoms with Crippen molar-refractivity contribution >= 4 is 11.0 Å². The van der Waals surface area contributed by atoms with E-state index in [1.54, 1.807) is 0 Å². The van der Waals surface area contributed by atoms with Gasteiger partial charge in [0.25, 0.3) is 0 Å². The first kappa shape index (κ1) is 29.0. The number of phenols is 2. The Bertz CT molecular complexity index is 1460. The van der Waals surface area contributed by atoms with E-state index < -0.39 is 78.3 Å². The van der Waals surface area contributed by atoms with Crippen molar-refractivity contribution in [3.05, 3.63) is 46.6 Å². The van der Waals surface area contributed by atoms with E-state index in [1.165, 1.54) is 38.1 Å². The van der Waals surface area contributed by atoms with Gasteiger partial charge in [-0.1, -0.05) is 0 Å². The molecule has 3 heterocycles. The summed E-state index contributed by atoms with van der Waals surface area (Å²) in [7, 11) is 0. The fourth-order valence-electron chi connectivity index (χ4n) is 4.72. The number of hydrogen-bond donors (Lipinski definition) is 8. The van der Waals surface area contributed by atoms with Crippen LogP contribution in [0.1, 0.15) is 13.8 Å². The van der Waals surface area contributed by atoms with Crippen molar-refractivity contribution in [2.24, 2.45) is 0 Å². The highest BCUT2D eigenvalue weighted by Gasteiger charge is 2.45. The van der Waals surface area contributed by atoms with Crippen LogP contribution in [0.5, 0.6) is 23.0 Å². The summed E-state index contributed by atoms with van der Waals surface area (Å²) in [5.41, 5.74) is -0.862. The van der Waals surface area contributed by atoms with E-state index in [1.807, 2.05) is 0 Å². The predicted octanol–water partition coefficient (Wildman–Crippen LogP) is -0.716. The maximum atomic E-state index is 14.0. The molecule has 0 bridgehead atoms. The zero-order valence-electron chi connectivity index (χ0n) is 21.8. The van der Waals surface area contributed by atoms with Gasteiger partial charge in [0.15, 0.2) is 5.76 Å².